The van der Waals surface area contributed by atoms with Crippen LogP contribution in [-0.4, -0.2) is 23.0 Å². The summed E-state index contributed by atoms with van der Waals surface area (Å²) in [6.45, 7) is 5.03. The van der Waals surface area contributed by atoms with Crippen molar-refractivity contribution in [3.63, 3.8) is 0 Å². The van der Waals surface area contributed by atoms with Crippen molar-refractivity contribution in [2.75, 3.05) is 0 Å². The van der Waals surface area contributed by atoms with Crippen molar-refractivity contribution in [1.29, 1.82) is 0 Å². The number of carbonyl (C=O) groups excluding carboxylic acids is 1. The first-order chi connectivity index (χ1) is 15.4. The number of carbonyl (C=O) groups is 2. The zero-order valence-electron chi connectivity index (χ0n) is 18.4. The summed E-state index contributed by atoms with van der Waals surface area (Å²) in [5.41, 5.74) is -0.880. The largest absolute Gasteiger partial charge is 0.487 e. The number of carboxylic acids is 1. The lowest BCUT2D eigenvalue weighted by molar-refractivity contribution is -0.142. The van der Waals surface area contributed by atoms with Crippen molar-refractivity contribution < 1.29 is 32.6 Å². The lowest BCUT2D eigenvalue weighted by Gasteiger charge is -2.28. The normalized spacial score (nSPS) is 12.9. The number of aliphatic carboxylic acids is 1. The van der Waals surface area contributed by atoms with Gasteiger partial charge in [-0.05, 0) is 34.6 Å². The van der Waals surface area contributed by atoms with E-state index in [1.54, 1.807) is 45.0 Å². The Kier molecular flexibility index (Phi) is 6.67. The fourth-order valence-electron chi connectivity index (χ4n) is 3.38. The second-order valence-electron chi connectivity index (χ2n) is 8.76. The second kappa shape index (κ2) is 9.13. The van der Waals surface area contributed by atoms with Crippen LogP contribution in [-0.2, 0) is 17.6 Å². The van der Waals surface area contributed by atoms with Crippen LogP contribution in [0.5, 0.6) is 5.75 Å². The van der Waals surface area contributed by atoms with Gasteiger partial charge < -0.3 is 15.2 Å². The number of halogens is 3. The Bertz CT molecular complexity index is 1160. The predicted molar refractivity (Wildman–Crippen MR) is 118 cm³/mol. The highest BCUT2D eigenvalue weighted by atomic mass is 19.4. The van der Waals surface area contributed by atoms with Crippen LogP contribution < -0.4 is 10.1 Å². The van der Waals surface area contributed by atoms with Gasteiger partial charge in [-0.25, -0.2) is 4.79 Å². The van der Waals surface area contributed by atoms with Crippen molar-refractivity contribution >= 4 is 22.6 Å². The molecule has 174 valence electrons. The monoisotopic (exact) mass is 459 g/mol. The molecule has 0 saturated heterocycles. The molecule has 33 heavy (non-hydrogen) atoms. The van der Waals surface area contributed by atoms with Crippen molar-refractivity contribution in [2.45, 2.75) is 39.6 Å². The van der Waals surface area contributed by atoms with Gasteiger partial charge in [0.25, 0.3) is 5.91 Å². The minimum absolute atomic E-state index is 0.0753. The van der Waals surface area contributed by atoms with Gasteiger partial charge in [0.1, 0.15) is 18.4 Å². The molecule has 0 radical (unpaired) electrons. The van der Waals surface area contributed by atoms with E-state index in [1.807, 2.05) is 12.1 Å². The molecule has 0 aliphatic rings. The van der Waals surface area contributed by atoms with Gasteiger partial charge >= 0.3 is 12.1 Å². The van der Waals surface area contributed by atoms with Gasteiger partial charge in [-0.3, -0.25) is 4.79 Å². The Morgan fingerprint density at radius 3 is 2.18 bits per heavy atom. The number of rotatable bonds is 6. The number of hydrogen-bond acceptors (Lipinski definition) is 3. The van der Waals surface area contributed by atoms with E-state index < -0.39 is 35.1 Å². The van der Waals surface area contributed by atoms with Gasteiger partial charge in [-0.1, -0.05) is 63.2 Å². The molecule has 1 atom stereocenters. The number of nitrogens with one attached hydrogen (secondary N) is 1. The summed E-state index contributed by atoms with van der Waals surface area (Å²) >= 11 is 0. The Morgan fingerprint density at radius 2 is 1.61 bits per heavy atom. The van der Waals surface area contributed by atoms with Crippen LogP contribution in [0.4, 0.5) is 13.2 Å². The Balaban J connectivity index is 1.94. The first kappa shape index (κ1) is 24.1. The first-order valence-corrected chi connectivity index (χ1v) is 10.2. The summed E-state index contributed by atoms with van der Waals surface area (Å²) in [6.07, 6.45) is -4.44. The lowest BCUT2D eigenvalue weighted by atomic mass is 9.86. The van der Waals surface area contributed by atoms with Gasteiger partial charge in [0, 0.05) is 5.39 Å². The topological polar surface area (TPSA) is 75.6 Å². The van der Waals surface area contributed by atoms with Crippen LogP contribution >= 0.6 is 0 Å². The summed E-state index contributed by atoms with van der Waals surface area (Å²) in [4.78, 5) is 24.8. The van der Waals surface area contributed by atoms with Gasteiger partial charge in [0.2, 0.25) is 0 Å². The number of benzene rings is 3. The third kappa shape index (κ3) is 5.63. The number of hydrogen-bond donors (Lipinski definition) is 2. The van der Waals surface area contributed by atoms with E-state index in [9.17, 15) is 27.9 Å². The van der Waals surface area contributed by atoms with E-state index in [2.05, 4.69) is 5.32 Å². The summed E-state index contributed by atoms with van der Waals surface area (Å²) in [7, 11) is 0. The minimum atomic E-state index is -4.44. The van der Waals surface area contributed by atoms with Gasteiger partial charge in [-0.15, -0.1) is 0 Å². The Morgan fingerprint density at radius 1 is 0.970 bits per heavy atom. The average molecular weight is 459 g/mol. The minimum Gasteiger partial charge on any atom is -0.487 e. The number of fused-ring (bicyclic) bond motifs is 1. The molecule has 0 aliphatic carbocycles. The van der Waals surface area contributed by atoms with Gasteiger partial charge in [0.05, 0.1) is 11.1 Å². The standard InChI is InChI=1S/C25H24F3NO4/c1-24(2,3)21(23(31)32)29-22(30)19-13-10-16-6-4-5-7-18(16)20(19)33-14-15-8-11-17(12-9-15)25(26,27)28/h4-13,21H,14H2,1-3H3,(H,29,30)(H,31,32)/t21-/m1/s1. The van der Waals surface area contributed by atoms with E-state index >= 15 is 0 Å². The Labute approximate surface area is 189 Å². The van der Waals surface area contributed by atoms with Gasteiger partial charge in [0.15, 0.2) is 0 Å². The predicted octanol–water partition coefficient (Wildman–Crippen LogP) is 5.67. The Hall–Kier alpha value is -3.55. The average Bonchev–Trinajstić information content (AvgIpc) is 2.74. The van der Waals surface area contributed by atoms with Crippen molar-refractivity contribution in [1.82, 2.24) is 5.32 Å². The molecular weight excluding hydrogens is 435 g/mol. The van der Waals surface area contributed by atoms with E-state index in [1.165, 1.54) is 12.1 Å². The third-order valence-corrected chi connectivity index (χ3v) is 5.18. The molecule has 0 unspecified atom stereocenters. The molecular formula is C25H24F3NO4. The molecule has 8 heteroatoms. The summed E-state index contributed by atoms with van der Waals surface area (Å²) < 4.78 is 44.4. The molecule has 5 nitrogen and oxygen atoms in total. The van der Waals surface area contributed by atoms with Crippen LogP contribution in [0.2, 0.25) is 0 Å². The molecule has 3 rings (SSSR count). The molecule has 2 N–H and O–H groups in total. The number of alkyl halides is 3. The molecule has 0 bridgehead atoms. The molecule has 0 fully saturated rings. The third-order valence-electron chi connectivity index (χ3n) is 5.18. The second-order valence-corrected chi connectivity index (χ2v) is 8.76. The smallest absolute Gasteiger partial charge is 0.416 e. The maximum Gasteiger partial charge on any atom is 0.416 e. The van der Waals surface area contributed by atoms with Crippen LogP contribution in [0, 0.1) is 5.41 Å². The van der Waals surface area contributed by atoms with Crippen LogP contribution in [0.3, 0.4) is 0 Å². The van der Waals surface area contributed by atoms with Crippen molar-refractivity contribution in [2.24, 2.45) is 5.41 Å². The summed E-state index contributed by atoms with van der Waals surface area (Å²) in [5.74, 6) is -1.56. The zero-order chi connectivity index (χ0) is 24.4. The number of ether oxygens (including phenoxy) is 1. The maximum absolute atomic E-state index is 13.1. The fourth-order valence-corrected chi connectivity index (χ4v) is 3.38. The number of carboxylic acid groups (broad SMARTS) is 1. The van der Waals surface area contributed by atoms with E-state index in [0.717, 1.165) is 17.5 Å². The highest BCUT2D eigenvalue weighted by Crippen LogP contribution is 2.32. The van der Waals surface area contributed by atoms with Gasteiger partial charge in [-0.2, -0.15) is 13.2 Å². The molecule has 1 amide bonds. The van der Waals surface area contributed by atoms with Crippen molar-refractivity contribution in [3.05, 3.63) is 77.4 Å². The molecule has 3 aromatic carbocycles. The molecule has 0 aliphatic heterocycles. The van der Waals surface area contributed by atoms with E-state index in [-0.39, 0.29) is 17.9 Å². The van der Waals surface area contributed by atoms with E-state index in [0.29, 0.717) is 10.9 Å². The first-order valence-electron chi connectivity index (χ1n) is 10.2. The highest BCUT2D eigenvalue weighted by molar-refractivity contribution is 6.05. The molecule has 3 aromatic rings. The number of amides is 1. The summed E-state index contributed by atoms with van der Waals surface area (Å²) in [5, 5.41) is 13.5. The maximum atomic E-state index is 13.1. The molecule has 0 aromatic heterocycles. The van der Waals surface area contributed by atoms with Crippen LogP contribution in [0.1, 0.15) is 42.3 Å². The molecule has 0 heterocycles. The summed E-state index contributed by atoms with van der Waals surface area (Å²) in [6, 6.07) is 13.9. The lowest BCUT2D eigenvalue weighted by Crippen LogP contribution is -2.49. The SMILES string of the molecule is CC(C)(C)[C@H](NC(=O)c1ccc2ccccc2c1OCc1ccc(C(F)(F)F)cc1)C(=O)O. The molecule has 0 saturated carbocycles. The van der Waals surface area contributed by atoms with E-state index in [4.69, 9.17) is 4.74 Å². The quantitative estimate of drug-likeness (QED) is 0.498. The van der Waals surface area contributed by atoms with Crippen LogP contribution in [0.25, 0.3) is 10.8 Å². The fraction of sp³-hybridized carbons (Fsp3) is 0.280. The molecule has 0 spiro atoms. The zero-order valence-corrected chi connectivity index (χ0v) is 18.4. The highest BCUT2D eigenvalue weighted by Gasteiger charge is 2.33. The van der Waals surface area contributed by atoms with Crippen molar-refractivity contribution in [3.8, 4) is 5.75 Å². The van der Waals surface area contributed by atoms with Crippen LogP contribution in [0.15, 0.2) is 60.7 Å².